The number of aromatic nitrogens is 2. The van der Waals surface area contributed by atoms with E-state index in [1.165, 1.54) is 29.0 Å². The highest BCUT2D eigenvalue weighted by Gasteiger charge is 2.16. The van der Waals surface area contributed by atoms with Crippen molar-refractivity contribution in [1.82, 2.24) is 15.5 Å². The first-order valence-electron chi connectivity index (χ1n) is 9.45. The first kappa shape index (κ1) is 20.0. The predicted octanol–water partition coefficient (Wildman–Crippen LogP) is 5.46. The molecular weight excluding hydrogens is 401 g/mol. The molecule has 0 unspecified atom stereocenters. The fraction of sp³-hybridized carbons (Fsp3) is 0.174. The quantitative estimate of drug-likeness (QED) is 0.465. The van der Waals surface area contributed by atoms with Gasteiger partial charge in [0.2, 0.25) is 0 Å². The van der Waals surface area contributed by atoms with E-state index in [0.29, 0.717) is 11.7 Å². The van der Waals surface area contributed by atoms with Crippen molar-refractivity contribution in [3.63, 3.8) is 0 Å². The first-order chi connectivity index (χ1) is 14.4. The van der Waals surface area contributed by atoms with Gasteiger partial charge < -0.3 is 9.84 Å². The van der Waals surface area contributed by atoms with Crippen LogP contribution in [0.15, 0.2) is 52.4 Å². The monoisotopic (exact) mass is 421 g/mol. The minimum Gasteiger partial charge on any atom is -0.345 e. The lowest BCUT2D eigenvalue weighted by Crippen LogP contribution is -2.24. The van der Waals surface area contributed by atoms with Crippen molar-refractivity contribution in [3.8, 4) is 21.9 Å². The van der Waals surface area contributed by atoms with E-state index < -0.39 is 11.7 Å². The lowest BCUT2D eigenvalue weighted by atomic mass is 9.99. The molecule has 7 heteroatoms. The molecule has 4 aromatic rings. The highest BCUT2D eigenvalue weighted by Crippen LogP contribution is 2.27. The van der Waals surface area contributed by atoms with Gasteiger partial charge in [-0.2, -0.15) is 4.98 Å². The Morgan fingerprint density at radius 2 is 1.80 bits per heavy atom. The van der Waals surface area contributed by atoms with E-state index in [4.69, 9.17) is 4.52 Å². The summed E-state index contributed by atoms with van der Waals surface area (Å²) in [7, 11) is 0. The molecule has 30 heavy (non-hydrogen) atoms. The van der Waals surface area contributed by atoms with Gasteiger partial charge in [-0.15, -0.1) is 11.3 Å². The SMILES string of the molecule is Cc1ccc(-c2ccc(C(=O)NCc3noc(-c4sccc4C)n3)c(F)c2)cc1C. The largest absolute Gasteiger partial charge is 0.345 e. The maximum absolute atomic E-state index is 14.6. The molecule has 0 aliphatic heterocycles. The zero-order valence-corrected chi connectivity index (χ0v) is 17.6. The Labute approximate surface area is 177 Å². The van der Waals surface area contributed by atoms with Crippen LogP contribution in [-0.4, -0.2) is 16.0 Å². The standard InChI is InChI=1S/C23H20FN3O2S/c1-13-4-5-16(10-15(13)3)17-6-7-18(19(24)11-17)22(28)25-12-20-26-23(29-27-20)21-14(2)8-9-30-21/h4-11H,12H2,1-3H3,(H,25,28). The normalized spacial score (nSPS) is 10.9. The number of hydrogen-bond acceptors (Lipinski definition) is 5. The average Bonchev–Trinajstić information content (AvgIpc) is 3.36. The van der Waals surface area contributed by atoms with Crippen LogP contribution in [0.5, 0.6) is 0 Å². The molecule has 0 saturated carbocycles. The minimum absolute atomic E-state index is 0.0274. The molecule has 0 atom stereocenters. The fourth-order valence-electron chi connectivity index (χ4n) is 3.06. The molecule has 152 valence electrons. The average molecular weight is 421 g/mol. The molecule has 4 rings (SSSR count). The van der Waals surface area contributed by atoms with Crippen molar-refractivity contribution in [3.05, 3.63) is 81.7 Å². The van der Waals surface area contributed by atoms with Crippen LogP contribution < -0.4 is 5.32 Å². The number of carbonyl (C=O) groups excluding carboxylic acids is 1. The Bertz CT molecular complexity index is 1230. The Hall–Kier alpha value is -3.32. The van der Waals surface area contributed by atoms with E-state index in [1.54, 1.807) is 6.07 Å². The maximum atomic E-state index is 14.6. The smallest absolute Gasteiger partial charge is 0.268 e. The second-order valence-corrected chi connectivity index (χ2v) is 8.04. The lowest BCUT2D eigenvalue weighted by molar-refractivity contribution is 0.0945. The van der Waals surface area contributed by atoms with Crippen molar-refractivity contribution >= 4 is 17.2 Å². The molecule has 0 aliphatic rings. The van der Waals surface area contributed by atoms with Gasteiger partial charge in [0.25, 0.3) is 11.8 Å². The van der Waals surface area contributed by atoms with Crippen molar-refractivity contribution in [1.29, 1.82) is 0 Å². The third-order valence-corrected chi connectivity index (χ3v) is 5.99. The fourth-order valence-corrected chi connectivity index (χ4v) is 3.91. The number of benzene rings is 2. The second kappa shape index (κ2) is 8.20. The molecule has 2 aromatic carbocycles. The van der Waals surface area contributed by atoms with Crippen molar-refractivity contribution in [2.45, 2.75) is 27.3 Å². The van der Waals surface area contributed by atoms with Gasteiger partial charge in [0, 0.05) is 0 Å². The van der Waals surface area contributed by atoms with Crippen LogP contribution in [0.1, 0.15) is 32.9 Å². The Morgan fingerprint density at radius 3 is 2.50 bits per heavy atom. The van der Waals surface area contributed by atoms with Gasteiger partial charge in [-0.25, -0.2) is 4.39 Å². The molecule has 2 heterocycles. The molecule has 0 radical (unpaired) electrons. The highest BCUT2D eigenvalue weighted by molar-refractivity contribution is 7.13. The molecule has 5 nitrogen and oxygen atoms in total. The van der Waals surface area contributed by atoms with E-state index in [1.807, 2.05) is 50.4 Å². The van der Waals surface area contributed by atoms with Crippen LogP contribution in [-0.2, 0) is 6.54 Å². The molecule has 0 fully saturated rings. The van der Waals surface area contributed by atoms with E-state index in [9.17, 15) is 9.18 Å². The van der Waals surface area contributed by atoms with Gasteiger partial charge in [0.15, 0.2) is 5.82 Å². The number of hydrogen-bond donors (Lipinski definition) is 1. The third kappa shape index (κ3) is 4.02. The molecule has 1 amide bonds. The first-order valence-corrected chi connectivity index (χ1v) is 10.3. The highest BCUT2D eigenvalue weighted by atomic mass is 32.1. The van der Waals surface area contributed by atoms with E-state index in [-0.39, 0.29) is 12.1 Å². The summed E-state index contributed by atoms with van der Waals surface area (Å²) in [5, 5.41) is 8.47. The Kier molecular flexibility index (Phi) is 5.46. The zero-order valence-electron chi connectivity index (χ0n) is 16.8. The summed E-state index contributed by atoms with van der Waals surface area (Å²) in [6.07, 6.45) is 0. The summed E-state index contributed by atoms with van der Waals surface area (Å²) >= 11 is 1.51. The summed E-state index contributed by atoms with van der Waals surface area (Å²) in [4.78, 5) is 17.6. The molecule has 1 N–H and O–H groups in total. The van der Waals surface area contributed by atoms with Gasteiger partial charge >= 0.3 is 0 Å². The van der Waals surface area contributed by atoms with Gasteiger partial charge in [0.1, 0.15) is 5.82 Å². The van der Waals surface area contributed by atoms with Crippen molar-refractivity contribution < 1.29 is 13.7 Å². The Morgan fingerprint density at radius 1 is 1.03 bits per heavy atom. The summed E-state index contributed by atoms with van der Waals surface area (Å²) < 4.78 is 19.9. The van der Waals surface area contributed by atoms with Crippen molar-refractivity contribution in [2.24, 2.45) is 0 Å². The number of rotatable bonds is 5. The molecule has 0 spiro atoms. The molecule has 0 bridgehead atoms. The van der Waals surface area contributed by atoms with Crippen LogP contribution in [0.3, 0.4) is 0 Å². The number of thiophene rings is 1. The summed E-state index contributed by atoms with van der Waals surface area (Å²) in [5.74, 6) is -0.363. The van der Waals surface area contributed by atoms with Gasteiger partial charge in [0.05, 0.1) is 17.0 Å². The number of aryl methyl sites for hydroxylation is 3. The van der Waals surface area contributed by atoms with Crippen molar-refractivity contribution in [2.75, 3.05) is 0 Å². The molecule has 2 aromatic heterocycles. The Balaban J connectivity index is 1.45. The predicted molar refractivity (Wildman–Crippen MR) is 115 cm³/mol. The van der Waals surface area contributed by atoms with Crippen LogP contribution in [0.2, 0.25) is 0 Å². The summed E-state index contributed by atoms with van der Waals surface area (Å²) in [6, 6.07) is 12.5. The third-order valence-electron chi connectivity index (χ3n) is 4.99. The lowest BCUT2D eigenvalue weighted by Gasteiger charge is -2.08. The number of amides is 1. The van der Waals surface area contributed by atoms with E-state index in [0.717, 1.165) is 27.1 Å². The van der Waals surface area contributed by atoms with Gasteiger partial charge in [-0.05, 0) is 72.2 Å². The number of nitrogens with zero attached hydrogens (tertiary/aromatic N) is 2. The maximum Gasteiger partial charge on any atom is 0.268 e. The number of halogens is 1. The molecule has 0 aliphatic carbocycles. The second-order valence-electron chi connectivity index (χ2n) is 7.12. The summed E-state index contributed by atoms with van der Waals surface area (Å²) in [6.45, 7) is 6.05. The van der Waals surface area contributed by atoms with Gasteiger partial charge in [-0.3, -0.25) is 4.79 Å². The van der Waals surface area contributed by atoms with E-state index >= 15 is 0 Å². The van der Waals surface area contributed by atoms with Crippen LogP contribution in [0, 0.1) is 26.6 Å². The number of nitrogens with one attached hydrogen (secondary N) is 1. The van der Waals surface area contributed by atoms with Crippen LogP contribution >= 0.6 is 11.3 Å². The molecular formula is C23H20FN3O2S. The van der Waals surface area contributed by atoms with Crippen LogP contribution in [0.4, 0.5) is 4.39 Å². The number of carbonyl (C=O) groups is 1. The minimum atomic E-state index is -0.578. The van der Waals surface area contributed by atoms with E-state index in [2.05, 4.69) is 15.5 Å². The topological polar surface area (TPSA) is 68.0 Å². The van der Waals surface area contributed by atoms with Gasteiger partial charge in [-0.1, -0.05) is 29.4 Å². The summed E-state index contributed by atoms with van der Waals surface area (Å²) in [5.41, 5.74) is 4.96. The zero-order chi connectivity index (χ0) is 21.3. The molecule has 0 saturated heterocycles. The van der Waals surface area contributed by atoms with Crippen LogP contribution in [0.25, 0.3) is 21.9 Å².